The molecule has 1 spiro atoms. The number of rotatable bonds is 3. The van der Waals surface area contributed by atoms with Crippen molar-refractivity contribution in [2.75, 3.05) is 26.2 Å². The van der Waals surface area contributed by atoms with Gasteiger partial charge in [-0.05, 0) is 32.7 Å². The lowest BCUT2D eigenvalue weighted by Crippen LogP contribution is -2.53. The fourth-order valence-corrected chi connectivity index (χ4v) is 4.01. The van der Waals surface area contributed by atoms with Gasteiger partial charge in [0.25, 0.3) is 0 Å². The summed E-state index contributed by atoms with van der Waals surface area (Å²) in [7, 11) is 0. The Morgan fingerprint density at radius 1 is 1.20 bits per heavy atom. The first-order valence-electron chi connectivity index (χ1n) is 9.34. The van der Waals surface area contributed by atoms with E-state index in [1.54, 1.807) is 12.4 Å². The molecule has 0 unspecified atom stereocenters. The summed E-state index contributed by atoms with van der Waals surface area (Å²) >= 11 is 0. The monoisotopic (exact) mass is 340 g/mol. The maximum atomic E-state index is 12.4. The molecular formula is C20H28N4O. The van der Waals surface area contributed by atoms with E-state index in [0.717, 1.165) is 50.4 Å². The van der Waals surface area contributed by atoms with Crippen molar-refractivity contribution in [3.8, 4) is 11.8 Å². The summed E-state index contributed by atoms with van der Waals surface area (Å²) in [6.07, 6.45) is 8.52. The van der Waals surface area contributed by atoms with E-state index < -0.39 is 0 Å². The molecule has 0 saturated carbocycles. The van der Waals surface area contributed by atoms with Gasteiger partial charge in [-0.3, -0.25) is 19.7 Å². The lowest BCUT2D eigenvalue weighted by atomic mass is 9.73. The van der Waals surface area contributed by atoms with Gasteiger partial charge in [-0.15, -0.1) is 5.92 Å². The largest absolute Gasteiger partial charge is 0.336 e. The minimum Gasteiger partial charge on any atom is -0.336 e. The van der Waals surface area contributed by atoms with Crippen LogP contribution in [0.1, 0.15) is 50.4 Å². The maximum absolute atomic E-state index is 12.4. The maximum Gasteiger partial charge on any atom is 0.222 e. The average Bonchev–Trinajstić information content (AvgIpc) is 2.61. The van der Waals surface area contributed by atoms with Crippen molar-refractivity contribution < 1.29 is 4.79 Å². The summed E-state index contributed by atoms with van der Waals surface area (Å²) in [6.45, 7) is 8.45. The van der Waals surface area contributed by atoms with Crippen molar-refractivity contribution in [3.63, 3.8) is 0 Å². The number of hydrogen-bond donors (Lipinski definition) is 0. The molecule has 0 aliphatic carbocycles. The Morgan fingerprint density at radius 2 is 2.08 bits per heavy atom. The number of nitrogens with zero attached hydrogens (tertiary/aromatic N) is 4. The lowest BCUT2D eigenvalue weighted by molar-refractivity contribution is -0.140. The summed E-state index contributed by atoms with van der Waals surface area (Å²) in [5.41, 5.74) is 2.00. The van der Waals surface area contributed by atoms with Crippen LogP contribution in [0.4, 0.5) is 0 Å². The van der Waals surface area contributed by atoms with Crippen LogP contribution < -0.4 is 0 Å². The highest BCUT2D eigenvalue weighted by Gasteiger charge is 2.41. The highest BCUT2D eigenvalue weighted by Crippen LogP contribution is 2.39. The summed E-state index contributed by atoms with van der Waals surface area (Å²) in [4.78, 5) is 25.6. The first-order valence-corrected chi connectivity index (χ1v) is 9.34. The van der Waals surface area contributed by atoms with Gasteiger partial charge in [0.2, 0.25) is 5.91 Å². The predicted molar refractivity (Wildman–Crippen MR) is 97.6 cm³/mol. The summed E-state index contributed by atoms with van der Waals surface area (Å²) in [6, 6.07) is 0. The molecule has 1 atom stereocenters. The number of carbonyl (C=O) groups excluding carboxylic acids is 1. The lowest BCUT2D eigenvalue weighted by Gasteiger charge is -2.48. The van der Waals surface area contributed by atoms with Gasteiger partial charge >= 0.3 is 0 Å². The fraction of sp³-hybridized carbons (Fsp3) is 0.650. The summed E-state index contributed by atoms with van der Waals surface area (Å²) in [5, 5.41) is 0. The van der Waals surface area contributed by atoms with Crippen LogP contribution in [-0.4, -0.2) is 51.9 Å². The van der Waals surface area contributed by atoms with E-state index in [9.17, 15) is 4.79 Å². The van der Waals surface area contributed by atoms with E-state index in [4.69, 9.17) is 0 Å². The predicted octanol–water partition coefficient (Wildman–Crippen LogP) is 2.40. The molecule has 2 aliphatic rings. The first kappa shape index (κ1) is 17.9. The third kappa shape index (κ3) is 4.58. The minimum absolute atomic E-state index is 0.220. The van der Waals surface area contributed by atoms with Gasteiger partial charge in [0.05, 0.1) is 30.7 Å². The highest BCUT2D eigenvalue weighted by atomic mass is 16.2. The van der Waals surface area contributed by atoms with Crippen molar-refractivity contribution in [1.82, 2.24) is 19.8 Å². The molecule has 25 heavy (non-hydrogen) atoms. The quantitative estimate of drug-likeness (QED) is 0.793. The van der Waals surface area contributed by atoms with Crippen molar-refractivity contribution in [2.45, 2.75) is 52.5 Å². The Kier molecular flexibility index (Phi) is 5.70. The minimum atomic E-state index is 0.220. The molecule has 0 radical (unpaired) electrons. The van der Waals surface area contributed by atoms with E-state index in [1.165, 1.54) is 12.8 Å². The van der Waals surface area contributed by atoms with E-state index in [-0.39, 0.29) is 11.3 Å². The van der Waals surface area contributed by atoms with Crippen molar-refractivity contribution in [2.24, 2.45) is 5.41 Å². The van der Waals surface area contributed by atoms with E-state index >= 15 is 0 Å². The molecule has 0 N–H and O–H groups in total. The number of hydrogen-bond acceptors (Lipinski definition) is 4. The third-order valence-corrected chi connectivity index (χ3v) is 5.28. The van der Waals surface area contributed by atoms with Gasteiger partial charge in [0, 0.05) is 37.5 Å². The fourth-order valence-electron chi connectivity index (χ4n) is 4.01. The molecule has 2 fully saturated rings. The summed E-state index contributed by atoms with van der Waals surface area (Å²) in [5.74, 6) is 6.68. The second-order valence-electron chi connectivity index (χ2n) is 7.42. The summed E-state index contributed by atoms with van der Waals surface area (Å²) < 4.78 is 0. The topological polar surface area (TPSA) is 49.3 Å². The normalized spacial score (nSPS) is 24.2. The van der Waals surface area contributed by atoms with Gasteiger partial charge in [0.1, 0.15) is 0 Å². The van der Waals surface area contributed by atoms with E-state index in [0.29, 0.717) is 13.0 Å². The Bertz CT molecular complexity index is 661. The van der Waals surface area contributed by atoms with Crippen LogP contribution in [0.5, 0.6) is 0 Å². The molecule has 0 aromatic carbocycles. The zero-order chi connectivity index (χ0) is 17.7. The van der Waals surface area contributed by atoms with Crippen molar-refractivity contribution >= 4 is 5.91 Å². The molecule has 3 heterocycles. The van der Waals surface area contributed by atoms with Crippen LogP contribution in [-0.2, 0) is 11.3 Å². The number of piperidine rings is 2. The van der Waals surface area contributed by atoms with Crippen molar-refractivity contribution in [1.29, 1.82) is 0 Å². The highest BCUT2D eigenvalue weighted by molar-refractivity contribution is 5.77. The standard InChI is InChI=1S/C20H28N4O/c1-3-4-5-10-23-11-6-8-20(15-23)9-7-19(25)24(16-20)14-18-13-21-17(2)12-22-18/h12-13H,3,6-11,14-16H2,1-2H3/t20-/m0/s1. The van der Waals surface area contributed by atoms with Crippen LogP contribution in [0.3, 0.4) is 0 Å². The van der Waals surface area contributed by atoms with Crippen LogP contribution in [0.25, 0.3) is 0 Å². The number of likely N-dealkylation sites (tertiary alicyclic amines) is 2. The van der Waals surface area contributed by atoms with Gasteiger partial charge in [0.15, 0.2) is 0 Å². The zero-order valence-electron chi connectivity index (χ0n) is 15.4. The molecule has 3 rings (SSSR count). The van der Waals surface area contributed by atoms with E-state index in [2.05, 4.69) is 33.6 Å². The number of amides is 1. The molecule has 1 amide bonds. The molecule has 1 aromatic rings. The molecule has 5 heteroatoms. The van der Waals surface area contributed by atoms with E-state index in [1.807, 2.05) is 11.8 Å². The molecule has 0 bridgehead atoms. The average molecular weight is 340 g/mol. The van der Waals surface area contributed by atoms with Crippen LogP contribution in [0.15, 0.2) is 12.4 Å². The molecule has 5 nitrogen and oxygen atoms in total. The first-order chi connectivity index (χ1) is 12.1. The SMILES string of the molecule is CCC#CCN1CCC[C@]2(CCC(=O)N(Cc3cnc(C)cn3)C2)C1. The Morgan fingerprint density at radius 3 is 2.84 bits per heavy atom. The smallest absolute Gasteiger partial charge is 0.222 e. The van der Waals surface area contributed by atoms with Crippen LogP contribution >= 0.6 is 0 Å². The van der Waals surface area contributed by atoms with Crippen molar-refractivity contribution in [3.05, 3.63) is 23.8 Å². The second kappa shape index (κ2) is 7.97. The molecule has 1 aromatic heterocycles. The number of aryl methyl sites for hydroxylation is 1. The van der Waals surface area contributed by atoms with Gasteiger partial charge in [-0.1, -0.05) is 12.8 Å². The zero-order valence-corrected chi connectivity index (χ0v) is 15.4. The number of carbonyl (C=O) groups is 1. The second-order valence-corrected chi connectivity index (χ2v) is 7.42. The Hall–Kier alpha value is -1.93. The molecule has 2 saturated heterocycles. The van der Waals surface area contributed by atoms with Gasteiger partial charge in [-0.25, -0.2) is 0 Å². The number of aromatic nitrogens is 2. The third-order valence-electron chi connectivity index (χ3n) is 5.28. The van der Waals surface area contributed by atoms with Crippen LogP contribution in [0.2, 0.25) is 0 Å². The molecule has 2 aliphatic heterocycles. The molecule has 134 valence electrons. The molecular weight excluding hydrogens is 312 g/mol. The Labute approximate surface area is 150 Å². The van der Waals surface area contributed by atoms with Gasteiger partial charge < -0.3 is 4.90 Å². The van der Waals surface area contributed by atoms with Gasteiger partial charge in [-0.2, -0.15) is 0 Å². The Balaban J connectivity index is 1.66. The van der Waals surface area contributed by atoms with Crippen LogP contribution in [0, 0.1) is 24.2 Å².